The summed E-state index contributed by atoms with van der Waals surface area (Å²) in [6, 6.07) is 19.8. The second kappa shape index (κ2) is 19.5. The molecule has 0 saturated heterocycles. The van der Waals surface area contributed by atoms with Crippen molar-refractivity contribution in [1.29, 1.82) is 0 Å². The minimum Gasteiger partial charge on any atom is -0.494 e. The molecule has 0 heterocycles. The molecule has 0 radical (unpaired) electrons. The van der Waals surface area contributed by atoms with E-state index in [0.29, 0.717) is 37.3 Å². The number of carbonyl (C=O) groups is 1. The Morgan fingerprint density at radius 1 is 0.809 bits per heavy atom. The Hall–Kier alpha value is -4.99. The second-order valence-corrected chi connectivity index (χ2v) is 10.8. The minimum atomic E-state index is -1.67. The number of halogens is 2. The van der Waals surface area contributed by atoms with Gasteiger partial charge in [0.1, 0.15) is 31.3 Å². The summed E-state index contributed by atoms with van der Waals surface area (Å²) in [6.45, 7) is 9.41. The molecule has 0 amide bonds. The summed E-state index contributed by atoms with van der Waals surface area (Å²) in [6.07, 6.45) is 3.57. The SMILES string of the molecule is C=C(CCCCOc1ccc(-c2ccc(-c3ccc(OCCOC(=O)C(=C)CN=O)cc3CC)cc2CCCC=C(F)F)cc1)N=O. The van der Waals surface area contributed by atoms with Crippen molar-refractivity contribution in [3.05, 3.63) is 118 Å². The average molecular weight is 647 g/mol. The summed E-state index contributed by atoms with van der Waals surface area (Å²) in [4.78, 5) is 32.5. The third-order valence-electron chi connectivity index (χ3n) is 7.37. The lowest BCUT2D eigenvalue weighted by Gasteiger charge is -2.16. The maximum absolute atomic E-state index is 12.7. The molecule has 3 aromatic carbocycles. The van der Waals surface area contributed by atoms with Crippen LogP contribution in [0.3, 0.4) is 0 Å². The van der Waals surface area contributed by atoms with E-state index in [1.54, 1.807) is 0 Å². The number of unbranched alkanes of at least 4 members (excludes halogenated alkanes) is 2. The van der Waals surface area contributed by atoms with Gasteiger partial charge in [-0.15, -0.1) is 4.91 Å². The number of nitroso groups, excluding NO2 is 2. The zero-order valence-corrected chi connectivity index (χ0v) is 26.6. The van der Waals surface area contributed by atoms with Crippen molar-refractivity contribution in [1.82, 2.24) is 0 Å². The first-order chi connectivity index (χ1) is 22.7. The van der Waals surface area contributed by atoms with Crippen molar-refractivity contribution in [2.24, 2.45) is 10.4 Å². The lowest BCUT2D eigenvalue weighted by Crippen LogP contribution is -2.14. The first-order valence-corrected chi connectivity index (χ1v) is 15.5. The molecule has 0 atom stereocenters. The van der Waals surface area contributed by atoms with Crippen LogP contribution in [0.2, 0.25) is 0 Å². The van der Waals surface area contributed by atoms with E-state index in [1.807, 2.05) is 49.4 Å². The molecule has 0 fully saturated rings. The van der Waals surface area contributed by atoms with Crippen molar-refractivity contribution < 1.29 is 27.8 Å². The quantitative estimate of drug-likeness (QED) is 0.0494. The molecule has 0 bridgehead atoms. The summed E-state index contributed by atoms with van der Waals surface area (Å²) in [5, 5.41) is 5.46. The van der Waals surface area contributed by atoms with E-state index in [1.165, 1.54) is 0 Å². The highest BCUT2D eigenvalue weighted by molar-refractivity contribution is 5.88. The van der Waals surface area contributed by atoms with Crippen molar-refractivity contribution in [3.63, 3.8) is 0 Å². The van der Waals surface area contributed by atoms with Gasteiger partial charge >= 0.3 is 5.97 Å². The summed E-state index contributed by atoms with van der Waals surface area (Å²) in [5.41, 5.74) is 6.47. The van der Waals surface area contributed by atoms with Crippen molar-refractivity contribution >= 4 is 5.97 Å². The van der Waals surface area contributed by atoms with E-state index in [9.17, 15) is 23.4 Å². The predicted octanol–water partition coefficient (Wildman–Crippen LogP) is 9.76. The fourth-order valence-electron chi connectivity index (χ4n) is 4.92. The number of ether oxygens (including phenoxy) is 3. The number of rotatable bonds is 21. The maximum atomic E-state index is 12.7. The predicted molar refractivity (Wildman–Crippen MR) is 180 cm³/mol. The minimum absolute atomic E-state index is 0.00374. The van der Waals surface area contributed by atoms with Gasteiger partial charge in [0.05, 0.1) is 17.9 Å². The topological polar surface area (TPSA) is 104 Å². The van der Waals surface area contributed by atoms with Crippen LogP contribution in [-0.4, -0.2) is 32.3 Å². The third kappa shape index (κ3) is 12.0. The molecule has 47 heavy (non-hydrogen) atoms. The van der Waals surface area contributed by atoms with Gasteiger partial charge in [-0.25, -0.2) is 4.79 Å². The Morgan fingerprint density at radius 2 is 1.49 bits per heavy atom. The molecule has 0 unspecified atom stereocenters. The van der Waals surface area contributed by atoms with Crippen LogP contribution in [0.5, 0.6) is 11.5 Å². The number of hydrogen-bond donors (Lipinski definition) is 0. The highest BCUT2D eigenvalue weighted by Crippen LogP contribution is 2.34. The van der Waals surface area contributed by atoms with Gasteiger partial charge in [0.25, 0.3) is 6.08 Å². The van der Waals surface area contributed by atoms with Gasteiger partial charge in [-0.3, -0.25) is 0 Å². The van der Waals surface area contributed by atoms with Crippen LogP contribution in [0.4, 0.5) is 8.78 Å². The van der Waals surface area contributed by atoms with Gasteiger partial charge in [-0.05, 0) is 114 Å². The standard InChI is InChI=1S/C37H40F2N2O6/c1-4-28-24-33(46-21-22-47-37(42)26(2)25-40-43)17-19-34(28)31-14-18-35(30(23-31)10-5-6-11-36(38)39)29-12-15-32(16-13-29)45-20-8-7-9-27(3)41-44/h11-19,23-24H,2-10,20-22,25H2,1H3. The number of aryl methyl sites for hydroxylation is 2. The van der Waals surface area contributed by atoms with E-state index in [4.69, 9.17) is 14.2 Å². The summed E-state index contributed by atoms with van der Waals surface area (Å²) >= 11 is 0. The van der Waals surface area contributed by atoms with E-state index in [0.717, 1.165) is 64.5 Å². The number of benzene rings is 3. The van der Waals surface area contributed by atoms with Gasteiger partial charge in [0.15, 0.2) is 0 Å². The van der Waals surface area contributed by atoms with E-state index in [-0.39, 0.29) is 31.8 Å². The zero-order chi connectivity index (χ0) is 34.0. The highest BCUT2D eigenvalue weighted by atomic mass is 19.3. The number of nitrogens with zero attached hydrogens (tertiary/aromatic N) is 2. The van der Waals surface area contributed by atoms with Crippen LogP contribution in [0.15, 0.2) is 108 Å². The smallest absolute Gasteiger partial charge is 0.335 e. The van der Waals surface area contributed by atoms with Crippen LogP contribution in [0.1, 0.15) is 50.2 Å². The Bertz CT molecular complexity index is 1570. The molecule has 0 N–H and O–H groups in total. The lowest BCUT2D eigenvalue weighted by atomic mass is 9.90. The van der Waals surface area contributed by atoms with Gasteiger partial charge in [0.2, 0.25) is 0 Å². The van der Waals surface area contributed by atoms with Gasteiger partial charge in [-0.2, -0.15) is 13.7 Å². The largest absolute Gasteiger partial charge is 0.494 e. The molecular formula is C37H40F2N2O6. The monoisotopic (exact) mass is 646 g/mol. The number of esters is 1. The zero-order valence-electron chi connectivity index (χ0n) is 26.6. The van der Waals surface area contributed by atoms with E-state index >= 15 is 0 Å². The maximum Gasteiger partial charge on any atom is 0.335 e. The molecule has 10 heteroatoms. The van der Waals surface area contributed by atoms with Crippen LogP contribution in [0.25, 0.3) is 22.3 Å². The van der Waals surface area contributed by atoms with Gasteiger partial charge in [-0.1, -0.05) is 61.7 Å². The normalized spacial score (nSPS) is 10.5. The van der Waals surface area contributed by atoms with E-state index < -0.39 is 12.0 Å². The third-order valence-corrected chi connectivity index (χ3v) is 7.37. The number of carbonyl (C=O) groups excluding carboxylic acids is 1. The van der Waals surface area contributed by atoms with Crippen LogP contribution in [-0.2, 0) is 22.4 Å². The Morgan fingerprint density at radius 3 is 2.19 bits per heavy atom. The molecule has 0 aliphatic heterocycles. The summed E-state index contributed by atoms with van der Waals surface area (Å²) < 4.78 is 42.1. The Kier molecular flexibility index (Phi) is 15.1. The molecule has 3 aromatic rings. The highest BCUT2D eigenvalue weighted by Gasteiger charge is 2.13. The molecule has 0 spiro atoms. The second-order valence-electron chi connectivity index (χ2n) is 10.8. The molecular weight excluding hydrogens is 606 g/mol. The molecule has 3 rings (SSSR count). The molecule has 0 aliphatic carbocycles. The Labute approximate surface area is 274 Å². The molecule has 0 aromatic heterocycles. The Balaban J connectivity index is 1.74. The van der Waals surface area contributed by atoms with Crippen LogP contribution >= 0.6 is 0 Å². The van der Waals surface area contributed by atoms with Crippen LogP contribution in [0, 0.1) is 9.81 Å². The summed E-state index contributed by atoms with van der Waals surface area (Å²) in [5.74, 6) is 0.672. The first-order valence-electron chi connectivity index (χ1n) is 15.5. The lowest BCUT2D eigenvalue weighted by molar-refractivity contribution is -0.139. The summed E-state index contributed by atoms with van der Waals surface area (Å²) in [7, 11) is 0. The first kappa shape index (κ1) is 36.5. The van der Waals surface area contributed by atoms with Crippen molar-refractivity contribution in [2.45, 2.75) is 51.9 Å². The average Bonchev–Trinajstić information content (AvgIpc) is 3.08. The van der Waals surface area contributed by atoms with Crippen molar-refractivity contribution in [3.8, 4) is 33.8 Å². The van der Waals surface area contributed by atoms with E-state index in [2.05, 4.69) is 41.7 Å². The molecule has 8 nitrogen and oxygen atoms in total. The molecule has 248 valence electrons. The van der Waals surface area contributed by atoms with Gasteiger partial charge < -0.3 is 14.2 Å². The fourth-order valence-corrected chi connectivity index (χ4v) is 4.92. The number of allylic oxidation sites excluding steroid dienone is 2. The van der Waals surface area contributed by atoms with Gasteiger partial charge in [0, 0.05) is 0 Å². The molecule has 0 aliphatic rings. The van der Waals surface area contributed by atoms with Crippen molar-refractivity contribution in [2.75, 3.05) is 26.4 Å². The fraction of sp³-hybridized carbons (Fsp3) is 0.324. The number of hydrogen-bond acceptors (Lipinski definition) is 8. The molecule has 0 saturated carbocycles. The van der Waals surface area contributed by atoms with Crippen LogP contribution < -0.4 is 9.47 Å².